The van der Waals surface area contributed by atoms with E-state index in [-0.39, 0.29) is 12.7 Å². The molecular weight excluding hydrogens is 180 g/mol. The van der Waals surface area contributed by atoms with Crippen LogP contribution in [-0.2, 0) is 4.74 Å². The summed E-state index contributed by atoms with van der Waals surface area (Å²) >= 11 is 0. The van der Waals surface area contributed by atoms with Crippen LogP contribution in [0.3, 0.4) is 0 Å². The third-order valence-corrected chi connectivity index (χ3v) is 1.99. The number of anilines is 2. The Kier molecular flexibility index (Phi) is 3.73. The molecule has 1 rings (SSSR count). The maximum atomic E-state index is 9.09. The van der Waals surface area contributed by atoms with Gasteiger partial charge in [-0.25, -0.2) is 0 Å². The average molecular weight is 196 g/mol. The van der Waals surface area contributed by atoms with Gasteiger partial charge < -0.3 is 21.3 Å². The minimum Gasteiger partial charge on any atom is -0.399 e. The van der Waals surface area contributed by atoms with Crippen LogP contribution in [0.1, 0.15) is 18.6 Å². The molecule has 0 bridgehead atoms. The fourth-order valence-electron chi connectivity index (χ4n) is 1.33. The van der Waals surface area contributed by atoms with E-state index in [1.54, 1.807) is 18.2 Å². The van der Waals surface area contributed by atoms with Gasteiger partial charge in [0.15, 0.2) is 0 Å². The summed E-state index contributed by atoms with van der Waals surface area (Å²) in [5.41, 5.74) is 13.3. The van der Waals surface area contributed by atoms with Crippen LogP contribution in [0.5, 0.6) is 0 Å². The molecule has 0 saturated heterocycles. The van der Waals surface area contributed by atoms with Crippen LogP contribution >= 0.6 is 0 Å². The van der Waals surface area contributed by atoms with Gasteiger partial charge in [-0.05, 0) is 19.1 Å². The molecule has 0 saturated carbocycles. The lowest BCUT2D eigenvalue weighted by atomic mass is 10.1. The number of aliphatic hydroxyl groups excluding tert-OH is 1. The molecule has 1 unspecified atom stereocenters. The first-order valence-corrected chi connectivity index (χ1v) is 4.56. The first kappa shape index (κ1) is 10.8. The van der Waals surface area contributed by atoms with Crippen LogP contribution in [0.15, 0.2) is 18.2 Å². The summed E-state index contributed by atoms with van der Waals surface area (Å²) < 4.78 is 5.33. The second-order valence-corrected chi connectivity index (χ2v) is 3.01. The van der Waals surface area contributed by atoms with Crippen molar-refractivity contribution in [3.8, 4) is 0 Å². The normalized spacial score (nSPS) is 12.7. The molecule has 0 aliphatic heterocycles. The molecule has 1 aromatic carbocycles. The molecule has 0 heterocycles. The number of benzene rings is 1. The first-order valence-electron chi connectivity index (χ1n) is 4.56. The topological polar surface area (TPSA) is 81.5 Å². The summed E-state index contributed by atoms with van der Waals surface area (Å²) in [5.74, 6) is 0. The molecule has 0 aliphatic rings. The van der Waals surface area contributed by atoms with Crippen molar-refractivity contribution in [3.05, 3.63) is 23.8 Å². The van der Waals surface area contributed by atoms with Crippen molar-refractivity contribution < 1.29 is 9.84 Å². The van der Waals surface area contributed by atoms with Crippen LogP contribution in [0, 0.1) is 0 Å². The Balaban J connectivity index is 2.92. The number of ether oxygens (including phenoxy) is 1. The van der Waals surface area contributed by atoms with E-state index in [0.717, 1.165) is 5.56 Å². The van der Waals surface area contributed by atoms with Gasteiger partial charge in [-0.3, -0.25) is 0 Å². The zero-order valence-corrected chi connectivity index (χ0v) is 8.23. The highest BCUT2D eigenvalue weighted by Crippen LogP contribution is 2.24. The first-order chi connectivity index (χ1) is 6.69. The second kappa shape index (κ2) is 4.83. The standard InChI is InChI=1S/C10H16N2O2/c1-2-14-10(6-13)8-4-3-7(11)5-9(8)12/h3-5,10,13H,2,6,11-12H2,1H3. The summed E-state index contributed by atoms with van der Waals surface area (Å²) in [6.45, 7) is 2.33. The van der Waals surface area contributed by atoms with Gasteiger partial charge in [0, 0.05) is 23.5 Å². The minimum absolute atomic E-state index is 0.0814. The van der Waals surface area contributed by atoms with Crippen molar-refractivity contribution in [2.45, 2.75) is 13.0 Å². The third kappa shape index (κ3) is 2.37. The maximum Gasteiger partial charge on any atom is 0.107 e. The monoisotopic (exact) mass is 196 g/mol. The second-order valence-electron chi connectivity index (χ2n) is 3.01. The number of hydrogen-bond acceptors (Lipinski definition) is 4. The summed E-state index contributed by atoms with van der Waals surface area (Å²) in [6.07, 6.45) is -0.361. The molecule has 1 atom stereocenters. The average Bonchev–Trinajstić information content (AvgIpc) is 2.15. The van der Waals surface area contributed by atoms with Gasteiger partial charge in [0.1, 0.15) is 6.10 Å². The zero-order chi connectivity index (χ0) is 10.6. The molecule has 78 valence electrons. The van der Waals surface area contributed by atoms with Crippen LogP contribution < -0.4 is 11.5 Å². The van der Waals surface area contributed by atoms with Gasteiger partial charge in [-0.1, -0.05) is 6.07 Å². The van der Waals surface area contributed by atoms with E-state index < -0.39 is 0 Å². The van der Waals surface area contributed by atoms with Crippen molar-refractivity contribution in [2.24, 2.45) is 0 Å². The van der Waals surface area contributed by atoms with Gasteiger partial charge in [0.05, 0.1) is 6.61 Å². The summed E-state index contributed by atoms with van der Waals surface area (Å²) in [4.78, 5) is 0. The molecule has 5 N–H and O–H groups in total. The predicted octanol–water partition coefficient (Wildman–Crippen LogP) is 0.921. The predicted molar refractivity (Wildman–Crippen MR) is 56.7 cm³/mol. The molecule has 4 nitrogen and oxygen atoms in total. The van der Waals surface area contributed by atoms with Crippen molar-refractivity contribution in [1.29, 1.82) is 0 Å². The Bertz CT molecular complexity index is 302. The largest absolute Gasteiger partial charge is 0.399 e. The quantitative estimate of drug-likeness (QED) is 0.625. The lowest BCUT2D eigenvalue weighted by Crippen LogP contribution is -2.11. The van der Waals surface area contributed by atoms with Crippen molar-refractivity contribution in [3.63, 3.8) is 0 Å². The fraction of sp³-hybridized carbons (Fsp3) is 0.400. The van der Waals surface area contributed by atoms with E-state index in [1.807, 2.05) is 6.92 Å². The van der Waals surface area contributed by atoms with Gasteiger partial charge in [-0.2, -0.15) is 0 Å². The molecule has 1 aromatic rings. The highest BCUT2D eigenvalue weighted by atomic mass is 16.5. The van der Waals surface area contributed by atoms with Crippen LogP contribution in [-0.4, -0.2) is 18.3 Å². The van der Waals surface area contributed by atoms with Crippen molar-refractivity contribution in [1.82, 2.24) is 0 Å². The third-order valence-electron chi connectivity index (χ3n) is 1.99. The van der Waals surface area contributed by atoms with Gasteiger partial charge in [-0.15, -0.1) is 0 Å². The molecule has 0 aliphatic carbocycles. The number of nitrogen functional groups attached to an aromatic ring is 2. The van der Waals surface area contributed by atoms with Gasteiger partial charge in [0.2, 0.25) is 0 Å². The summed E-state index contributed by atoms with van der Waals surface area (Å²) in [6, 6.07) is 5.19. The van der Waals surface area contributed by atoms with E-state index in [1.165, 1.54) is 0 Å². The van der Waals surface area contributed by atoms with E-state index in [9.17, 15) is 0 Å². The summed E-state index contributed by atoms with van der Waals surface area (Å²) in [5, 5.41) is 9.09. The number of nitrogens with two attached hydrogens (primary N) is 2. The smallest absolute Gasteiger partial charge is 0.107 e. The van der Waals surface area contributed by atoms with Crippen LogP contribution in [0.25, 0.3) is 0 Å². The van der Waals surface area contributed by atoms with Gasteiger partial charge in [0.25, 0.3) is 0 Å². The van der Waals surface area contributed by atoms with Gasteiger partial charge >= 0.3 is 0 Å². The van der Waals surface area contributed by atoms with Crippen LogP contribution in [0.4, 0.5) is 11.4 Å². The highest BCUT2D eigenvalue weighted by molar-refractivity contribution is 5.57. The highest BCUT2D eigenvalue weighted by Gasteiger charge is 2.12. The number of rotatable bonds is 4. The molecule has 4 heteroatoms. The van der Waals surface area contributed by atoms with E-state index >= 15 is 0 Å². The molecule has 14 heavy (non-hydrogen) atoms. The summed E-state index contributed by atoms with van der Waals surface area (Å²) in [7, 11) is 0. The molecule has 0 radical (unpaired) electrons. The minimum atomic E-state index is -0.361. The molecule has 0 aromatic heterocycles. The number of hydrogen-bond donors (Lipinski definition) is 3. The Morgan fingerprint density at radius 3 is 2.64 bits per heavy atom. The van der Waals surface area contributed by atoms with Crippen molar-refractivity contribution >= 4 is 11.4 Å². The molecular formula is C10H16N2O2. The Morgan fingerprint density at radius 2 is 2.14 bits per heavy atom. The number of aliphatic hydroxyl groups is 1. The SMILES string of the molecule is CCOC(CO)c1ccc(N)cc1N. The van der Waals surface area contributed by atoms with E-state index in [0.29, 0.717) is 18.0 Å². The molecule has 0 spiro atoms. The Labute approximate surface area is 83.5 Å². The van der Waals surface area contributed by atoms with E-state index in [4.69, 9.17) is 21.3 Å². The zero-order valence-electron chi connectivity index (χ0n) is 8.23. The lowest BCUT2D eigenvalue weighted by molar-refractivity contribution is 0.0194. The Hall–Kier alpha value is -1.26. The maximum absolute atomic E-state index is 9.09. The Morgan fingerprint density at radius 1 is 1.43 bits per heavy atom. The fourth-order valence-corrected chi connectivity index (χ4v) is 1.33. The van der Waals surface area contributed by atoms with E-state index in [2.05, 4.69) is 0 Å². The van der Waals surface area contributed by atoms with Crippen LogP contribution in [0.2, 0.25) is 0 Å². The lowest BCUT2D eigenvalue weighted by Gasteiger charge is -2.16. The van der Waals surface area contributed by atoms with Crippen molar-refractivity contribution in [2.75, 3.05) is 24.7 Å². The molecule has 0 amide bonds. The molecule has 0 fully saturated rings.